The monoisotopic (exact) mass is 486 g/mol. The largest absolute Gasteiger partial charge is 0.573 e. The molecule has 3 aromatic rings. The zero-order valence-electron chi connectivity index (χ0n) is 16.3. The normalized spacial score (nSPS) is 18.0. The molecule has 2 heterocycles. The van der Waals surface area contributed by atoms with E-state index in [-0.39, 0.29) is 24.6 Å². The predicted octanol–water partition coefficient (Wildman–Crippen LogP) is 3.66. The Bertz CT molecular complexity index is 1260. The van der Waals surface area contributed by atoms with Crippen LogP contribution in [0.3, 0.4) is 0 Å². The third-order valence-corrected chi connectivity index (χ3v) is 7.98. The van der Waals surface area contributed by atoms with Gasteiger partial charge in [0.25, 0.3) is 5.91 Å². The Morgan fingerprint density at radius 2 is 1.84 bits per heavy atom. The number of halogens is 3. The second kappa shape index (κ2) is 8.35. The van der Waals surface area contributed by atoms with Gasteiger partial charge in [-0.25, -0.2) is 8.42 Å². The Hall–Kier alpha value is -2.67. The number of nitrogens with two attached hydrogens (primary N) is 1. The molecule has 1 aromatic heterocycles. The van der Waals surface area contributed by atoms with Gasteiger partial charge >= 0.3 is 6.36 Å². The number of hydrogen-bond acceptors (Lipinski definition) is 6. The van der Waals surface area contributed by atoms with Crippen molar-refractivity contribution in [2.24, 2.45) is 5.73 Å². The number of carbonyl (C=O) groups is 1. The van der Waals surface area contributed by atoms with Crippen LogP contribution < -0.4 is 10.5 Å². The molecule has 1 aliphatic rings. The average molecular weight is 486 g/mol. The molecular weight excluding hydrogens is 469 g/mol. The van der Waals surface area contributed by atoms with Crippen molar-refractivity contribution in [3.05, 3.63) is 59.0 Å². The summed E-state index contributed by atoms with van der Waals surface area (Å²) in [4.78, 5) is 12.1. The fraction of sp³-hybridized carbons (Fsp3) is 0.250. The van der Waals surface area contributed by atoms with Crippen LogP contribution in [-0.2, 0) is 14.8 Å². The highest BCUT2D eigenvalue weighted by atomic mass is 32.2. The number of primary amides is 1. The van der Waals surface area contributed by atoms with Crippen molar-refractivity contribution in [3.8, 4) is 5.75 Å². The summed E-state index contributed by atoms with van der Waals surface area (Å²) in [5.41, 5.74) is 6.08. The molecule has 0 bridgehead atoms. The third-order valence-electron chi connectivity index (χ3n) is 4.90. The molecule has 1 saturated heterocycles. The van der Waals surface area contributed by atoms with Gasteiger partial charge in [0.1, 0.15) is 5.75 Å². The summed E-state index contributed by atoms with van der Waals surface area (Å²) in [6.45, 7) is 0.0410. The van der Waals surface area contributed by atoms with Crippen molar-refractivity contribution in [1.29, 1.82) is 0 Å². The molecule has 2 N–H and O–H groups in total. The molecule has 0 saturated carbocycles. The van der Waals surface area contributed by atoms with Gasteiger partial charge in [-0.2, -0.15) is 4.31 Å². The first kappa shape index (κ1) is 22.5. The molecule has 0 radical (unpaired) electrons. The van der Waals surface area contributed by atoms with E-state index < -0.39 is 34.1 Å². The lowest BCUT2D eigenvalue weighted by Crippen LogP contribution is -2.42. The first-order valence-corrected chi connectivity index (χ1v) is 11.6. The first-order valence-electron chi connectivity index (χ1n) is 9.35. The maximum atomic E-state index is 13.1. The highest BCUT2D eigenvalue weighted by Gasteiger charge is 2.35. The minimum absolute atomic E-state index is 0.0492. The fourth-order valence-electron chi connectivity index (χ4n) is 3.55. The molecule has 1 atom stereocenters. The van der Waals surface area contributed by atoms with Gasteiger partial charge in [0.15, 0.2) is 0 Å². The quantitative estimate of drug-likeness (QED) is 0.594. The third kappa shape index (κ3) is 4.44. The molecule has 1 unspecified atom stereocenters. The van der Waals surface area contributed by atoms with E-state index in [9.17, 15) is 26.4 Å². The molecule has 7 nitrogen and oxygen atoms in total. The summed E-state index contributed by atoms with van der Waals surface area (Å²) < 4.78 is 74.8. The van der Waals surface area contributed by atoms with Crippen LogP contribution in [0.1, 0.15) is 21.3 Å². The van der Waals surface area contributed by atoms with Gasteiger partial charge in [-0.05, 0) is 35.7 Å². The standard InChI is InChI=1S/C20H17F3N2O5S2/c21-20(22,23)30-12-5-7-13(8-6-12)32(27,28)25-9-10-29-15(11-25)17-14-3-1-2-4-16(14)31-18(17)19(24)26/h1-8,15H,9-11H2,(H2,24,26). The molecule has 12 heteroatoms. The topological polar surface area (TPSA) is 98.9 Å². The highest BCUT2D eigenvalue weighted by Crippen LogP contribution is 2.38. The van der Waals surface area contributed by atoms with Gasteiger partial charge in [0, 0.05) is 23.4 Å². The summed E-state index contributed by atoms with van der Waals surface area (Å²) in [6.07, 6.45) is -5.61. The Morgan fingerprint density at radius 1 is 1.16 bits per heavy atom. The number of morpholine rings is 1. The number of amides is 1. The van der Waals surface area contributed by atoms with E-state index >= 15 is 0 Å². The lowest BCUT2D eigenvalue weighted by atomic mass is 10.0. The minimum Gasteiger partial charge on any atom is -0.406 e. The molecular formula is C20H17F3N2O5S2. The van der Waals surface area contributed by atoms with Crippen LogP contribution in [0.4, 0.5) is 13.2 Å². The number of carbonyl (C=O) groups excluding carboxylic acids is 1. The van der Waals surface area contributed by atoms with Crippen molar-refractivity contribution in [2.75, 3.05) is 19.7 Å². The minimum atomic E-state index is -4.88. The highest BCUT2D eigenvalue weighted by molar-refractivity contribution is 7.89. The number of sulfonamides is 1. The van der Waals surface area contributed by atoms with Crippen LogP contribution in [0.15, 0.2) is 53.4 Å². The SMILES string of the molecule is NC(=O)c1sc2ccccc2c1C1CN(S(=O)(=O)c2ccc(OC(F)(F)F)cc2)CCO1. The molecule has 2 aromatic carbocycles. The van der Waals surface area contributed by atoms with Gasteiger partial charge in [-0.1, -0.05) is 18.2 Å². The maximum Gasteiger partial charge on any atom is 0.573 e. The molecule has 0 aliphatic carbocycles. The van der Waals surface area contributed by atoms with Crippen molar-refractivity contribution in [3.63, 3.8) is 0 Å². The zero-order valence-corrected chi connectivity index (χ0v) is 18.0. The van der Waals surface area contributed by atoms with Crippen LogP contribution >= 0.6 is 11.3 Å². The Morgan fingerprint density at radius 3 is 2.50 bits per heavy atom. The average Bonchev–Trinajstić information content (AvgIpc) is 3.13. The summed E-state index contributed by atoms with van der Waals surface area (Å²) in [5, 5.41) is 0.754. The van der Waals surface area contributed by atoms with Gasteiger partial charge in [0.05, 0.1) is 22.5 Å². The summed E-state index contributed by atoms with van der Waals surface area (Å²) >= 11 is 1.21. The predicted molar refractivity (Wildman–Crippen MR) is 111 cm³/mol. The molecule has 0 spiro atoms. The van der Waals surface area contributed by atoms with Crippen LogP contribution in [0.25, 0.3) is 10.1 Å². The van der Waals surface area contributed by atoms with Crippen molar-refractivity contribution >= 4 is 37.4 Å². The van der Waals surface area contributed by atoms with Gasteiger partial charge in [-0.15, -0.1) is 24.5 Å². The number of hydrogen-bond donors (Lipinski definition) is 1. The number of thiophene rings is 1. The van der Waals surface area contributed by atoms with Crippen LogP contribution in [0.2, 0.25) is 0 Å². The summed E-state index contributed by atoms with van der Waals surface area (Å²) in [7, 11) is -4.03. The number of benzene rings is 2. The molecule has 1 aliphatic heterocycles. The molecule has 1 amide bonds. The maximum absolute atomic E-state index is 13.1. The van der Waals surface area contributed by atoms with E-state index in [0.717, 1.165) is 34.4 Å². The van der Waals surface area contributed by atoms with E-state index in [2.05, 4.69) is 4.74 Å². The molecule has 4 rings (SSSR count). The lowest BCUT2D eigenvalue weighted by molar-refractivity contribution is -0.274. The second-order valence-electron chi connectivity index (χ2n) is 6.95. The van der Waals surface area contributed by atoms with Gasteiger partial charge in [-0.3, -0.25) is 4.79 Å². The summed E-state index contributed by atoms with van der Waals surface area (Å²) in [5.74, 6) is -1.16. The van der Waals surface area contributed by atoms with Crippen molar-refractivity contribution < 1.29 is 35.9 Å². The van der Waals surface area contributed by atoms with Gasteiger partial charge in [0.2, 0.25) is 10.0 Å². The van der Waals surface area contributed by atoms with Crippen LogP contribution in [0.5, 0.6) is 5.75 Å². The van der Waals surface area contributed by atoms with E-state index in [4.69, 9.17) is 10.5 Å². The Balaban J connectivity index is 1.63. The van der Waals surface area contributed by atoms with E-state index in [0.29, 0.717) is 10.4 Å². The lowest BCUT2D eigenvalue weighted by Gasteiger charge is -2.32. The number of alkyl halides is 3. The van der Waals surface area contributed by atoms with Gasteiger partial charge < -0.3 is 15.2 Å². The zero-order chi connectivity index (χ0) is 23.1. The Labute approximate surface area is 185 Å². The van der Waals surface area contributed by atoms with Crippen LogP contribution in [-0.4, -0.2) is 44.7 Å². The van der Waals surface area contributed by atoms with E-state index in [1.807, 2.05) is 18.2 Å². The Kier molecular flexibility index (Phi) is 5.88. The van der Waals surface area contributed by atoms with E-state index in [1.54, 1.807) is 6.07 Å². The molecule has 170 valence electrons. The smallest absolute Gasteiger partial charge is 0.406 e. The number of ether oxygens (including phenoxy) is 2. The van der Waals surface area contributed by atoms with E-state index in [1.165, 1.54) is 15.6 Å². The van der Waals surface area contributed by atoms with Crippen molar-refractivity contribution in [2.45, 2.75) is 17.4 Å². The van der Waals surface area contributed by atoms with Crippen LogP contribution in [0, 0.1) is 0 Å². The second-order valence-corrected chi connectivity index (χ2v) is 9.94. The fourth-order valence-corrected chi connectivity index (χ4v) is 6.08. The number of fused-ring (bicyclic) bond motifs is 1. The van der Waals surface area contributed by atoms with Crippen molar-refractivity contribution in [1.82, 2.24) is 4.31 Å². The number of nitrogens with zero attached hydrogens (tertiary/aromatic N) is 1. The molecule has 32 heavy (non-hydrogen) atoms. The summed E-state index contributed by atoms with van der Waals surface area (Å²) in [6, 6.07) is 11.2. The first-order chi connectivity index (χ1) is 15.1. The number of rotatable bonds is 5. The molecule has 1 fully saturated rings.